The number of anilines is 2. The minimum absolute atomic E-state index is 0.161. The van der Waals surface area contributed by atoms with Crippen LogP contribution in [0.4, 0.5) is 28.9 Å². The van der Waals surface area contributed by atoms with Gasteiger partial charge in [0.05, 0.1) is 63.6 Å². The number of benzene rings is 2. The predicted molar refractivity (Wildman–Crippen MR) is 243 cm³/mol. The Hall–Kier alpha value is -6.30. The molecule has 2 aromatic carbocycles. The van der Waals surface area contributed by atoms with Crippen LogP contribution in [0.5, 0.6) is 5.75 Å². The predicted octanol–water partition coefficient (Wildman–Crippen LogP) is 8.61. The van der Waals surface area contributed by atoms with Crippen molar-refractivity contribution in [3.8, 4) is 33.6 Å². The van der Waals surface area contributed by atoms with Crippen molar-refractivity contribution in [2.45, 2.75) is 84.1 Å². The third-order valence-electron chi connectivity index (χ3n) is 11.3. The number of unbranched alkanes of at least 4 members (excludes halogenated alkanes) is 1. The lowest BCUT2D eigenvalue weighted by Gasteiger charge is -2.35. The topological polar surface area (TPSA) is 170 Å². The van der Waals surface area contributed by atoms with Crippen molar-refractivity contribution < 1.29 is 41.4 Å². The fourth-order valence-corrected chi connectivity index (χ4v) is 9.03. The van der Waals surface area contributed by atoms with E-state index in [1.54, 1.807) is 40.9 Å². The summed E-state index contributed by atoms with van der Waals surface area (Å²) in [6, 6.07) is 12.6. The second-order valence-corrected chi connectivity index (χ2v) is 18.6. The number of alkyl halides is 3. The average Bonchev–Trinajstić information content (AvgIpc) is 4.10. The number of hydrogen-bond acceptors (Lipinski definition) is 11. The van der Waals surface area contributed by atoms with Gasteiger partial charge in [0.1, 0.15) is 35.3 Å². The summed E-state index contributed by atoms with van der Waals surface area (Å²) in [5.74, 6) is -1.75. The van der Waals surface area contributed by atoms with E-state index < -0.39 is 51.7 Å². The minimum atomic E-state index is -5.19. The number of carbonyl (C=O) groups is 3. The van der Waals surface area contributed by atoms with Crippen molar-refractivity contribution in [2.24, 2.45) is 5.41 Å². The number of thiocarbonyl (C=S) groups is 1. The molecule has 0 aliphatic carbocycles. The molecular weight excluding hydrogens is 899 g/mol. The number of rotatable bonds is 15. The molecule has 3 aromatic heterocycles. The molecule has 2 saturated heterocycles. The summed E-state index contributed by atoms with van der Waals surface area (Å²) >= 11 is 7.03. The number of H-pyrrole nitrogens is 1. The molecule has 66 heavy (non-hydrogen) atoms. The van der Waals surface area contributed by atoms with Crippen LogP contribution in [0, 0.1) is 22.6 Å². The van der Waals surface area contributed by atoms with Gasteiger partial charge in [-0.1, -0.05) is 20.8 Å². The van der Waals surface area contributed by atoms with Crippen molar-refractivity contribution in [2.75, 3.05) is 36.2 Å². The minimum Gasteiger partial charge on any atom is -0.494 e. The van der Waals surface area contributed by atoms with Gasteiger partial charge in [-0.3, -0.25) is 29.3 Å². The van der Waals surface area contributed by atoms with Gasteiger partial charge in [0.2, 0.25) is 11.8 Å². The van der Waals surface area contributed by atoms with Crippen LogP contribution in [-0.2, 0) is 25.3 Å². The van der Waals surface area contributed by atoms with Crippen LogP contribution >= 0.6 is 23.6 Å². The fourth-order valence-electron chi connectivity index (χ4n) is 7.93. The first-order chi connectivity index (χ1) is 31.3. The van der Waals surface area contributed by atoms with E-state index in [4.69, 9.17) is 26.7 Å². The molecule has 2 aliphatic heterocycles. The molecule has 2 aliphatic rings. The number of halogens is 4. The monoisotopic (exact) mass is 945 g/mol. The van der Waals surface area contributed by atoms with Crippen LogP contribution in [0.15, 0.2) is 72.6 Å². The zero-order valence-corrected chi connectivity index (χ0v) is 38.4. The van der Waals surface area contributed by atoms with Crippen LogP contribution < -0.4 is 19.9 Å². The van der Waals surface area contributed by atoms with Crippen molar-refractivity contribution in [3.05, 3.63) is 95.4 Å². The standard InChI is InChI=1S/C46H47F4N9O5S2/c1-44(2,3)39(41(61)57-18-8-9-34(57)40-54-23-32(55-40)35-24-52-26-66-35)56-36(60)25-63-19-6-7-20-64-30-14-10-27(11-15-30)31-16-13-29(22-53-31)59-43(65)58(42(62)45(59,4)5)33-17-12-28(21-51)37(38(33)47)46(48,49)50/h10-17,22-24,26,34,39H,6-9,18-20,25H2,1-5H3,(H,54,55)(H,56,60). The van der Waals surface area contributed by atoms with Crippen molar-refractivity contribution in [1.29, 1.82) is 5.26 Å². The van der Waals surface area contributed by atoms with E-state index in [-0.39, 0.29) is 29.6 Å². The average molecular weight is 946 g/mol. The highest BCUT2D eigenvalue weighted by atomic mass is 32.1. The number of hydrogen-bond donors (Lipinski definition) is 2. The maximum Gasteiger partial charge on any atom is 0.420 e. The first-order valence-corrected chi connectivity index (χ1v) is 22.4. The molecule has 0 bridgehead atoms. The Balaban J connectivity index is 0.864. The number of likely N-dealkylation sites (tertiary alicyclic amines) is 1. The number of imidazole rings is 1. The zero-order valence-electron chi connectivity index (χ0n) is 36.7. The number of nitrogens with zero attached hydrogens (tertiary/aromatic N) is 7. The van der Waals surface area contributed by atoms with Crippen molar-refractivity contribution in [1.82, 2.24) is 30.2 Å². The van der Waals surface area contributed by atoms with Crippen LogP contribution in [0.2, 0.25) is 0 Å². The van der Waals surface area contributed by atoms with Gasteiger partial charge in [0, 0.05) is 31.1 Å². The summed E-state index contributed by atoms with van der Waals surface area (Å²) in [6.07, 6.45) is 2.72. The highest BCUT2D eigenvalue weighted by molar-refractivity contribution is 7.81. The van der Waals surface area contributed by atoms with Crippen molar-refractivity contribution in [3.63, 3.8) is 0 Å². The van der Waals surface area contributed by atoms with Crippen molar-refractivity contribution >= 4 is 57.8 Å². The van der Waals surface area contributed by atoms with Crippen LogP contribution in [-0.4, -0.2) is 85.6 Å². The number of pyridine rings is 1. The smallest absolute Gasteiger partial charge is 0.420 e. The maximum absolute atomic E-state index is 15.4. The molecule has 0 spiro atoms. The highest BCUT2D eigenvalue weighted by Gasteiger charge is 2.52. The van der Waals surface area contributed by atoms with E-state index in [9.17, 15) is 32.8 Å². The molecule has 0 saturated carbocycles. The summed E-state index contributed by atoms with van der Waals surface area (Å²) in [6.45, 7) is 9.86. The molecule has 2 unspecified atom stereocenters. The van der Waals surface area contributed by atoms with Gasteiger partial charge in [-0.2, -0.15) is 18.4 Å². The second kappa shape index (κ2) is 19.3. The van der Waals surface area contributed by atoms with Crippen LogP contribution in [0.3, 0.4) is 0 Å². The van der Waals surface area contributed by atoms with E-state index in [2.05, 4.69) is 20.3 Å². The quantitative estimate of drug-likeness (QED) is 0.0586. The molecule has 5 heterocycles. The van der Waals surface area contributed by atoms with Gasteiger partial charge < -0.3 is 29.6 Å². The third-order valence-corrected chi connectivity index (χ3v) is 12.5. The molecule has 346 valence electrons. The van der Waals surface area contributed by atoms with E-state index in [0.29, 0.717) is 60.5 Å². The Kier molecular flexibility index (Phi) is 13.9. The Labute approximate surface area is 388 Å². The molecule has 3 amide bonds. The first kappa shape index (κ1) is 47.7. The largest absolute Gasteiger partial charge is 0.494 e. The van der Waals surface area contributed by atoms with Gasteiger partial charge in [-0.15, -0.1) is 11.3 Å². The van der Waals surface area contributed by atoms with E-state index >= 15 is 4.39 Å². The summed E-state index contributed by atoms with van der Waals surface area (Å²) in [5.41, 5.74) is -1.20. The summed E-state index contributed by atoms with van der Waals surface area (Å²) in [5, 5.41) is 11.8. The lowest BCUT2D eigenvalue weighted by Crippen LogP contribution is -2.55. The molecule has 0 radical (unpaired) electrons. The number of thiazole rings is 1. The number of nitrogens with one attached hydrogen (secondary N) is 2. The number of carbonyl (C=O) groups excluding carboxylic acids is 3. The van der Waals surface area contributed by atoms with E-state index in [1.165, 1.54) is 42.4 Å². The zero-order chi connectivity index (χ0) is 47.6. The molecule has 2 fully saturated rings. The fraction of sp³-hybridized carbons (Fsp3) is 0.391. The van der Waals surface area contributed by atoms with E-state index in [0.717, 1.165) is 41.1 Å². The first-order valence-electron chi connectivity index (χ1n) is 21.1. The number of ether oxygens (including phenoxy) is 2. The lowest BCUT2D eigenvalue weighted by molar-refractivity contribution is -0.141. The number of aromatic nitrogens is 4. The van der Waals surface area contributed by atoms with Gasteiger partial charge in [0.15, 0.2) is 10.9 Å². The van der Waals surface area contributed by atoms with Gasteiger partial charge in [-0.25, -0.2) is 9.37 Å². The lowest BCUT2D eigenvalue weighted by atomic mass is 9.85. The Bertz CT molecular complexity index is 2630. The molecule has 7 rings (SSSR count). The van der Waals surface area contributed by atoms with Gasteiger partial charge in [-0.05, 0) is 106 Å². The third kappa shape index (κ3) is 9.93. The Morgan fingerprint density at radius 2 is 1.80 bits per heavy atom. The SMILES string of the molecule is CC(C)(C)C(NC(=O)COCCCCOc1ccc(-c2ccc(N3C(=S)N(c4ccc(C#N)c(C(F)(F)F)c4F)C(=O)C3(C)C)cn2)cc1)C(=O)N1CCCC1c1nc(-c2cncs2)c[nH]1. The second-order valence-electron chi connectivity index (χ2n) is 17.4. The Morgan fingerprint density at radius 1 is 1.06 bits per heavy atom. The normalized spacial score (nSPS) is 16.7. The molecular formula is C46H47F4N9O5S2. The van der Waals surface area contributed by atoms with Crippen LogP contribution in [0.1, 0.15) is 83.3 Å². The summed E-state index contributed by atoms with van der Waals surface area (Å²) in [7, 11) is 0. The van der Waals surface area contributed by atoms with Gasteiger partial charge in [0.25, 0.3) is 5.91 Å². The number of nitriles is 1. The maximum atomic E-state index is 15.4. The van der Waals surface area contributed by atoms with Gasteiger partial charge >= 0.3 is 6.18 Å². The molecule has 14 nitrogen and oxygen atoms in total. The molecule has 2 atom stereocenters. The van der Waals surface area contributed by atoms with Crippen LogP contribution in [0.25, 0.3) is 21.8 Å². The highest BCUT2D eigenvalue weighted by Crippen LogP contribution is 2.42. The van der Waals surface area contributed by atoms with E-state index in [1.807, 2.05) is 39.1 Å². The molecule has 20 heteroatoms. The number of amides is 3. The molecule has 2 N–H and O–H groups in total. The molecule has 5 aromatic rings. The summed E-state index contributed by atoms with van der Waals surface area (Å²) < 4.78 is 68.3. The Morgan fingerprint density at radius 3 is 2.45 bits per heavy atom. The summed E-state index contributed by atoms with van der Waals surface area (Å²) in [4.78, 5) is 62.0. The number of aromatic amines is 1.